The Kier molecular flexibility index (Phi) is 3.93. The van der Waals surface area contributed by atoms with E-state index in [9.17, 15) is 13.6 Å². The van der Waals surface area contributed by atoms with Crippen LogP contribution in [0.4, 0.5) is 14.5 Å². The molecule has 2 heterocycles. The normalized spacial score (nSPS) is 10.8. The van der Waals surface area contributed by atoms with Crippen LogP contribution in [0.1, 0.15) is 10.4 Å². The molecule has 0 unspecified atom stereocenters. The summed E-state index contributed by atoms with van der Waals surface area (Å²) in [5.74, 6) is -2.26. The molecule has 1 N–H and O–H groups in total. The van der Waals surface area contributed by atoms with E-state index >= 15 is 0 Å². The minimum absolute atomic E-state index is 0.255. The van der Waals surface area contributed by atoms with Crippen molar-refractivity contribution in [3.05, 3.63) is 90.3 Å². The zero-order valence-electron chi connectivity index (χ0n) is 13.5. The van der Waals surface area contributed by atoms with Crippen molar-refractivity contribution in [3.63, 3.8) is 0 Å². The van der Waals surface area contributed by atoms with Crippen LogP contribution in [0.15, 0.2) is 73.1 Å². The molecule has 0 spiro atoms. The number of carbonyl (C=O) groups excluding carboxylic acids is 1. The summed E-state index contributed by atoms with van der Waals surface area (Å²) in [6, 6.07) is 16.2. The van der Waals surface area contributed by atoms with Crippen LogP contribution in [0.2, 0.25) is 0 Å². The first kappa shape index (κ1) is 16.0. The van der Waals surface area contributed by atoms with E-state index in [-0.39, 0.29) is 5.56 Å². The Hall–Kier alpha value is -3.54. The highest BCUT2D eigenvalue weighted by atomic mass is 19.1. The zero-order chi connectivity index (χ0) is 18.1. The fourth-order valence-electron chi connectivity index (χ4n) is 2.67. The topological polar surface area (TPSA) is 46.4 Å². The van der Waals surface area contributed by atoms with Crippen LogP contribution in [-0.4, -0.2) is 15.3 Å². The van der Waals surface area contributed by atoms with Crippen molar-refractivity contribution < 1.29 is 13.6 Å². The van der Waals surface area contributed by atoms with Gasteiger partial charge in [-0.15, -0.1) is 0 Å². The molecule has 4 nitrogen and oxygen atoms in total. The summed E-state index contributed by atoms with van der Waals surface area (Å²) >= 11 is 0. The van der Waals surface area contributed by atoms with Gasteiger partial charge in [0.25, 0.3) is 5.91 Å². The molecule has 0 fully saturated rings. The van der Waals surface area contributed by atoms with E-state index in [1.54, 1.807) is 22.7 Å². The lowest BCUT2D eigenvalue weighted by atomic mass is 10.2. The van der Waals surface area contributed by atoms with E-state index in [4.69, 9.17) is 0 Å². The molecule has 0 saturated heterocycles. The molecule has 2 aromatic carbocycles. The number of nitrogens with one attached hydrogen (secondary N) is 1. The number of para-hydroxylation sites is 1. The first-order chi connectivity index (χ1) is 12.6. The van der Waals surface area contributed by atoms with Crippen LogP contribution in [0.3, 0.4) is 0 Å². The highest BCUT2D eigenvalue weighted by Crippen LogP contribution is 2.21. The van der Waals surface area contributed by atoms with Crippen LogP contribution in [0.25, 0.3) is 16.9 Å². The number of imidazole rings is 1. The van der Waals surface area contributed by atoms with E-state index in [0.717, 1.165) is 23.4 Å². The lowest BCUT2D eigenvalue weighted by Gasteiger charge is -2.07. The molecule has 0 aliphatic carbocycles. The minimum atomic E-state index is -0.827. The van der Waals surface area contributed by atoms with Gasteiger partial charge in [0.15, 0.2) is 0 Å². The molecule has 6 heteroatoms. The highest BCUT2D eigenvalue weighted by molar-refractivity contribution is 6.04. The first-order valence-corrected chi connectivity index (χ1v) is 7.91. The van der Waals surface area contributed by atoms with Gasteiger partial charge in [0.2, 0.25) is 0 Å². The molecule has 128 valence electrons. The van der Waals surface area contributed by atoms with E-state index in [1.807, 2.05) is 36.5 Å². The van der Waals surface area contributed by atoms with E-state index in [2.05, 4.69) is 10.3 Å². The maximum absolute atomic E-state index is 13.7. The Morgan fingerprint density at radius 3 is 2.42 bits per heavy atom. The van der Waals surface area contributed by atoms with Crippen LogP contribution in [0.5, 0.6) is 0 Å². The number of carbonyl (C=O) groups is 1. The van der Waals surface area contributed by atoms with Gasteiger partial charge in [-0.1, -0.05) is 36.4 Å². The number of hydrogen-bond donors (Lipinski definition) is 1. The molecular formula is C20H13F2N3O. The number of halogens is 2. The third-order valence-corrected chi connectivity index (χ3v) is 3.99. The number of fused-ring (bicyclic) bond motifs is 1. The molecule has 0 radical (unpaired) electrons. The molecule has 1 amide bonds. The molecular weight excluding hydrogens is 336 g/mol. The monoisotopic (exact) mass is 349 g/mol. The average Bonchev–Trinajstić information content (AvgIpc) is 3.09. The van der Waals surface area contributed by atoms with Crippen LogP contribution in [0, 0.1) is 11.6 Å². The van der Waals surface area contributed by atoms with Gasteiger partial charge in [0.1, 0.15) is 23.0 Å². The smallest absolute Gasteiger partial charge is 0.256 e. The minimum Gasteiger partial charge on any atom is -0.317 e. The Balaban J connectivity index is 1.66. The molecule has 4 rings (SSSR count). The van der Waals surface area contributed by atoms with Gasteiger partial charge in [-0.05, 0) is 24.3 Å². The van der Waals surface area contributed by atoms with Gasteiger partial charge >= 0.3 is 0 Å². The number of rotatable bonds is 3. The standard InChI is InChI=1S/C20H13F2N3O/c21-15-7-4-8-16(22)19(15)24-20(26)14-9-10-25-12-17(23-18(25)11-14)13-5-2-1-3-6-13/h1-12H,(H,24,26). The predicted molar refractivity (Wildman–Crippen MR) is 94.9 cm³/mol. The van der Waals surface area contributed by atoms with Crippen molar-refractivity contribution in [2.24, 2.45) is 0 Å². The molecule has 0 atom stereocenters. The largest absolute Gasteiger partial charge is 0.317 e. The van der Waals surface area contributed by atoms with Gasteiger partial charge in [0, 0.05) is 23.5 Å². The first-order valence-electron chi connectivity index (χ1n) is 7.91. The summed E-state index contributed by atoms with van der Waals surface area (Å²) in [6.07, 6.45) is 3.53. The van der Waals surface area contributed by atoms with Crippen molar-refractivity contribution in [1.82, 2.24) is 9.38 Å². The Bertz CT molecular complexity index is 1090. The maximum atomic E-state index is 13.7. The van der Waals surface area contributed by atoms with Crippen molar-refractivity contribution in [2.75, 3.05) is 5.32 Å². The lowest BCUT2D eigenvalue weighted by molar-refractivity contribution is 0.102. The number of aromatic nitrogens is 2. The summed E-state index contributed by atoms with van der Waals surface area (Å²) in [4.78, 5) is 16.9. The summed E-state index contributed by atoms with van der Waals surface area (Å²) < 4.78 is 29.2. The number of amides is 1. The third kappa shape index (κ3) is 2.93. The molecule has 0 aliphatic rings. The highest BCUT2D eigenvalue weighted by Gasteiger charge is 2.14. The number of benzene rings is 2. The molecule has 0 aliphatic heterocycles. The fraction of sp³-hybridized carbons (Fsp3) is 0. The number of pyridine rings is 1. The fourth-order valence-corrected chi connectivity index (χ4v) is 2.67. The van der Waals surface area contributed by atoms with Gasteiger partial charge in [-0.2, -0.15) is 0 Å². The summed E-state index contributed by atoms with van der Waals surface area (Å²) in [5, 5.41) is 2.27. The quantitative estimate of drug-likeness (QED) is 0.591. The number of nitrogens with zero attached hydrogens (tertiary/aromatic N) is 2. The second-order valence-electron chi connectivity index (χ2n) is 5.72. The van der Waals surface area contributed by atoms with Crippen molar-refractivity contribution >= 4 is 17.2 Å². The molecule has 4 aromatic rings. The van der Waals surface area contributed by atoms with Crippen LogP contribution >= 0.6 is 0 Å². The van der Waals surface area contributed by atoms with Gasteiger partial charge < -0.3 is 9.72 Å². The van der Waals surface area contributed by atoms with Crippen molar-refractivity contribution in [3.8, 4) is 11.3 Å². The summed E-state index contributed by atoms with van der Waals surface area (Å²) in [7, 11) is 0. The molecule has 2 aromatic heterocycles. The Morgan fingerprint density at radius 2 is 1.69 bits per heavy atom. The summed E-state index contributed by atoms with van der Waals surface area (Å²) in [5.41, 5.74) is 2.07. The Morgan fingerprint density at radius 1 is 0.962 bits per heavy atom. The number of anilines is 1. The summed E-state index contributed by atoms with van der Waals surface area (Å²) in [6.45, 7) is 0. The lowest BCUT2D eigenvalue weighted by Crippen LogP contribution is -2.14. The van der Waals surface area contributed by atoms with Crippen LogP contribution < -0.4 is 5.32 Å². The predicted octanol–water partition coefficient (Wildman–Crippen LogP) is 4.53. The third-order valence-electron chi connectivity index (χ3n) is 3.99. The van der Waals surface area contributed by atoms with E-state index in [1.165, 1.54) is 6.07 Å². The van der Waals surface area contributed by atoms with Gasteiger partial charge in [0.05, 0.1) is 5.69 Å². The second kappa shape index (κ2) is 6.40. The van der Waals surface area contributed by atoms with Crippen molar-refractivity contribution in [1.29, 1.82) is 0 Å². The van der Waals surface area contributed by atoms with E-state index < -0.39 is 23.2 Å². The number of hydrogen-bond acceptors (Lipinski definition) is 2. The molecule has 26 heavy (non-hydrogen) atoms. The van der Waals surface area contributed by atoms with E-state index in [0.29, 0.717) is 5.65 Å². The van der Waals surface area contributed by atoms with Crippen LogP contribution in [-0.2, 0) is 0 Å². The Labute approximate surface area is 147 Å². The van der Waals surface area contributed by atoms with Gasteiger partial charge in [-0.3, -0.25) is 4.79 Å². The van der Waals surface area contributed by atoms with Crippen molar-refractivity contribution in [2.45, 2.75) is 0 Å². The molecule has 0 saturated carbocycles. The van der Waals surface area contributed by atoms with Gasteiger partial charge in [-0.25, -0.2) is 13.8 Å². The SMILES string of the molecule is O=C(Nc1c(F)cccc1F)c1ccn2cc(-c3ccccc3)nc2c1. The molecule has 0 bridgehead atoms. The second-order valence-corrected chi connectivity index (χ2v) is 5.72. The zero-order valence-corrected chi connectivity index (χ0v) is 13.5. The average molecular weight is 349 g/mol. The maximum Gasteiger partial charge on any atom is 0.256 e.